The summed E-state index contributed by atoms with van der Waals surface area (Å²) in [6.07, 6.45) is -0.847. The lowest BCUT2D eigenvalue weighted by Crippen LogP contribution is -2.28. The van der Waals surface area contributed by atoms with Crippen molar-refractivity contribution < 1.29 is 29.0 Å². The molecule has 0 aliphatic carbocycles. The van der Waals surface area contributed by atoms with E-state index in [9.17, 15) is 24.3 Å². The quantitative estimate of drug-likeness (QED) is 0.493. The Hall–Kier alpha value is -3.12. The molecule has 31 heavy (non-hydrogen) atoms. The van der Waals surface area contributed by atoms with Crippen LogP contribution in [0.2, 0.25) is 0 Å². The second kappa shape index (κ2) is 9.35. The number of H-pyrrole nitrogens is 1. The number of nitrogens with one attached hydrogen (secondary N) is 2. The molecule has 1 aliphatic heterocycles. The van der Waals surface area contributed by atoms with Gasteiger partial charge in [0.15, 0.2) is 11.2 Å². The van der Waals surface area contributed by atoms with E-state index in [1.54, 1.807) is 13.8 Å². The third-order valence-corrected chi connectivity index (χ3v) is 4.80. The van der Waals surface area contributed by atoms with E-state index in [4.69, 9.17) is 9.47 Å². The maximum Gasteiger partial charge on any atom is 0.306 e. The Morgan fingerprint density at radius 3 is 2.81 bits per heavy atom. The summed E-state index contributed by atoms with van der Waals surface area (Å²) >= 11 is 0. The first kappa shape index (κ1) is 22.6. The zero-order valence-corrected chi connectivity index (χ0v) is 17.5. The monoisotopic (exact) mass is 435 g/mol. The molecule has 0 radical (unpaired) electrons. The number of carbonyl (C=O) groups is 3. The maximum atomic E-state index is 12.3. The van der Waals surface area contributed by atoms with Gasteiger partial charge in [0.1, 0.15) is 24.7 Å². The number of nitrogens with zero attached hydrogens (tertiary/aromatic N) is 3. The number of hydrogen-bond donors (Lipinski definition) is 3. The lowest BCUT2D eigenvalue weighted by molar-refractivity contribution is -0.150. The number of carbonyl (C=O) groups excluding carboxylic acids is 3. The second-order valence-corrected chi connectivity index (χ2v) is 7.70. The van der Waals surface area contributed by atoms with Gasteiger partial charge in [-0.3, -0.25) is 29.3 Å². The number of aliphatic hydroxyl groups excluding tert-OH is 1. The minimum absolute atomic E-state index is 0.0209. The van der Waals surface area contributed by atoms with E-state index >= 15 is 0 Å². The molecule has 168 valence electrons. The predicted molar refractivity (Wildman–Crippen MR) is 107 cm³/mol. The van der Waals surface area contributed by atoms with Gasteiger partial charge in [0, 0.05) is 18.8 Å². The number of aliphatic hydroxyl groups is 1. The highest BCUT2D eigenvalue weighted by molar-refractivity contribution is 5.91. The topological polar surface area (TPSA) is 165 Å². The van der Waals surface area contributed by atoms with Gasteiger partial charge in [-0.25, -0.2) is 4.98 Å². The van der Waals surface area contributed by atoms with Crippen molar-refractivity contribution in [3.63, 3.8) is 0 Å². The smallest absolute Gasteiger partial charge is 0.306 e. The van der Waals surface area contributed by atoms with Crippen LogP contribution in [0, 0.1) is 5.92 Å². The van der Waals surface area contributed by atoms with Crippen LogP contribution in [-0.2, 0) is 23.9 Å². The van der Waals surface area contributed by atoms with Crippen molar-refractivity contribution in [3.05, 3.63) is 16.7 Å². The molecule has 1 amide bonds. The van der Waals surface area contributed by atoms with Gasteiger partial charge in [0.2, 0.25) is 11.9 Å². The number of fused-ring (bicyclic) bond motifs is 1. The largest absolute Gasteiger partial charge is 0.463 e. The molecule has 0 aromatic carbocycles. The molecule has 2 aromatic rings. The average Bonchev–Trinajstić information content (AvgIpc) is 3.28. The van der Waals surface area contributed by atoms with Gasteiger partial charge < -0.3 is 19.4 Å². The third kappa shape index (κ3) is 5.33. The van der Waals surface area contributed by atoms with Crippen molar-refractivity contribution in [1.82, 2.24) is 19.5 Å². The number of imidazole rings is 1. The number of aromatic nitrogens is 4. The summed E-state index contributed by atoms with van der Waals surface area (Å²) in [4.78, 5) is 57.6. The SMILES string of the molecule is CC(=O)CCC(=O)OC[C@H]1O[C@@H](n2cnc3c(=O)[nH]c(NC(=O)C(C)C)nc32)CC1O. The van der Waals surface area contributed by atoms with E-state index in [2.05, 4.69) is 20.3 Å². The van der Waals surface area contributed by atoms with Crippen molar-refractivity contribution in [2.75, 3.05) is 11.9 Å². The van der Waals surface area contributed by atoms with Crippen LogP contribution in [-0.4, -0.2) is 61.1 Å². The first-order valence-electron chi connectivity index (χ1n) is 9.92. The second-order valence-electron chi connectivity index (χ2n) is 7.70. The van der Waals surface area contributed by atoms with Gasteiger partial charge in [0.25, 0.3) is 5.56 Å². The van der Waals surface area contributed by atoms with Crippen molar-refractivity contribution in [2.24, 2.45) is 5.92 Å². The number of anilines is 1. The fourth-order valence-electron chi connectivity index (χ4n) is 3.02. The highest BCUT2D eigenvalue weighted by Gasteiger charge is 2.36. The summed E-state index contributed by atoms with van der Waals surface area (Å²) in [6.45, 7) is 4.62. The highest BCUT2D eigenvalue weighted by Crippen LogP contribution is 2.30. The van der Waals surface area contributed by atoms with Gasteiger partial charge in [-0.1, -0.05) is 13.8 Å². The van der Waals surface area contributed by atoms with Crippen LogP contribution in [0.4, 0.5) is 5.95 Å². The first-order valence-corrected chi connectivity index (χ1v) is 9.92. The van der Waals surface area contributed by atoms with E-state index in [1.165, 1.54) is 17.8 Å². The van der Waals surface area contributed by atoms with Crippen molar-refractivity contribution >= 4 is 34.8 Å². The third-order valence-electron chi connectivity index (χ3n) is 4.80. The molecule has 3 rings (SSSR count). The van der Waals surface area contributed by atoms with Crippen molar-refractivity contribution in [3.8, 4) is 0 Å². The molecule has 12 nitrogen and oxygen atoms in total. The van der Waals surface area contributed by atoms with Gasteiger partial charge in [-0.15, -0.1) is 0 Å². The molecule has 3 heterocycles. The maximum absolute atomic E-state index is 12.3. The Kier molecular flexibility index (Phi) is 6.81. The lowest BCUT2D eigenvalue weighted by atomic mass is 10.2. The summed E-state index contributed by atoms with van der Waals surface area (Å²) in [7, 11) is 0. The van der Waals surface area contributed by atoms with Crippen LogP contribution >= 0.6 is 0 Å². The number of ketones is 1. The normalized spacial score (nSPS) is 20.9. The lowest BCUT2D eigenvalue weighted by Gasteiger charge is -2.16. The van der Waals surface area contributed by atoms with Crippen LogP contribution in [0.25, 0.3) is 11.2 Å². The Morgan fingerprint density at radius 1 is 1.39 bits per heavy atom. The molecule has 0 bridgehead atoms. The van der Waals surface area contributed by atoms with E-state index in [0.29, 0.717) is 0 Å². The fourth-order valence-corrected chi connectivity index (χ4v) is 3.02. The number of rotatable bonds is 8. The van der Waals surface area contributed by atoms with Gasteiger partial charge >= 0.3 is 5.97 Å². The number of ether oxygens (including phenoxy) is 2. The Morgan fingerprint density at radius 2 is 2.13 bits per heavy atom. The molecule has 12 heteroatoms. The summed E-state index contributed by atoms with van der Waals surface area (Å²) in [5.74, 6) is -1.31. The number of aromatic amines is 1. The minimum atomic E-state index is -0.926. The number of Topliss-reactive ketones (excluding diaryl/α,β-unsaturated/α-hetero) is 1. The van der Waals surface area contributed by atoms with Gasteiger partial charge in [-0.05, 0) is 6.92 Å². The van der Waals surface area contributed by atoms with Gasteiger partial charge in [-0.2, -0.15) is 4.98 Å². The summed E-state index contributed by atoms with van der Waals surface area (Å²) in [5.41, 5.74) is -0.295. The molecular formula is C19H25N5O7. The summed E-state index contributed by atoms with van der Waals surface area (Å²) in [6, 6.07) is 0. The molecule has 0 saturated carbocycles. The standard InChI is InChI=1S/C19H25N5O7/c1-9(2)17(28)22-19-21-16-15(18(29)23-19)20-8-24(16)13-6-11(26)12(31-13)7-30-14(27)5-4-10(3)25/h8-9,11-13,26H,4-7H2,1-3H3,(H2,21,22,23,28,29)/t11?,12-,13-/m1/s1. The van der Waals surface area contributed by atoms with Crippen LogP contribution in [0.5, 0.6) is 0 Å². The molecule has 1 saturated heterocycles. The molecular weight excluding hydrogens is 410 g/mol. The zero-order chi connectivity index (χ0) is 22.7. The van der Waals surface area contributed by atoms with E-state index in [-0.39, 0.29) is 60.6 Å². The Bertz CT molecular complexity index is 1040. The highest BCUT2D eigenvalue weighted by atomic mass is 16.6. The summed E-state index contributed by atoms with van der Waals surface area (Å²) in [5, 5.41) is 12.8. The average molecular weight is 435 g/mol. The first-order chi connectivity index (χ1) is 14.7. The minimum Gasteiger partial charge on any atom is -0.463 e. The van der Waals surface area contributed by atoms with Crippen LogP contribution in [0.15, 0.2) is 11.1 Å². The summed E-state index contributed by atoms with van der Waals surface area (Å²) < 4.78 is 12.4. The molecule has 1 aliphatic rings. The Balaban J connectivity index is 1.72. The number of esters is 1. The zero-order valence-electron chi connectivity index (χ0n) is 17.5. The molecule has 3 atom stereocenters. The van der Waals surface area contributed by atoms with Crippen molar-refractivity contribution in [2.45, 2.75) is 58.5 Å². The Labute approximate surface area is 177 Å². The molecule has 3 N–H and O–H groups in total. The fraction of sp³-hybridized carbons (Fsp3) is 0.579. The van der Waals surface area contributed by atoms with E-state index < -0.39 is 30.0 Å². The van der Waals surface area contributed by atoms with E-state index in [1.807, 2.05) is 0 Å². The number of hydrogen-bond acceptors (Lipinski definition) is 9. The van der Waals surface area contributed by atoms with Gasteiger partial charge in [0.05, 0.1) is 18.9 Å². The van der Waals surface area contributed by atoms with Crippen LogP contribution < -0.4 is 10.9 Å². The van der Waals surface area contributed by atoms with Crippen molar-refractivity contribution in [1.29, 1.82) is 0 Å². The molecule has 1 fully saturated rings. The van der Waals surface area contributed by atoms with E-state index in [0.717, 1.165) is 0 Å². The van der Waals surface area contributed by atoms with Crippen LogP contribution in [0.3, 0.4) is 0 Å². The molecule has 2 aromatic heterocycles. The molecule has 1 unspecified atom stereocenters. The molecule has 0 spiro atoms. The predicted octanol–water partition coefficient (Wildman–Crippen LogP) is 0.275. The number of amides is 1. The van der Waals surface area contributed by atoms with Crippen LogP contribution in [0.1, 0.15) is 46.3 Å².